The van der Waals surface area contributed by atoms with Crippen LogP contribution in [0.5, 0.6) is 0 Å². The summed E-state index contributed by atoms with van der Waals surface area (Å²) in [6.45, 7) is 4.21. The van der Waals surface area contributed by atoms with Crippen LogP contribution in [0.3, 0.4) is 0 Å². The van der Waals surface area contributed by atoms with Gasteiger partial charge in [-0.3, -0.25) is 0 Å². The maximum atomic E-state index is 9.93. The molecule has 1 saturated carbocycles. The molecule has 1 aromatic rings. The van der Waals surface area contributed by atoms with Crippen molar-refractivity contribution in [2.24, 2.45) is 0 Å². The minimum Gasteiger partial charge on any atom is 2.00 e. The number of halogens is 6. The minimum atomic E-state index is -11.2. The van der Waals surface area contributed by atoms with Crippen molar-refractivity contribution in [1.82, 2.24) is 0 Å². The summed E-state index contributed by atoms with van der Waals surface area (Å²) in [5.41, 5.74) is 2.68. The molecule has 1 aliphatic rings. The van der Waals surface area contributed by atoms with Crippen molar-refractivity contribution in [3.8, 4) is 0 Å². The van der Waals surface area contributed by atoms with Gasteiger partial charge in [0.25, 0.3) is 0 Å². The molecule has 0 N–H and O–H groups in total. The molecule has 0 saturated heterocycles. The summed E-state index contributed by atoms with van der Waals surface area (Å²) in [7, 11) is 0. The molecular formula is C13H15F6FeSb+. The van der Waals surface area contributed by atoms with Crippen molar-refractivity contribution in [2.45, 2.75) is 13.8 Å². The summed E-state index contributed by atoms with van der Waals surface area (Å²) in [6, 6.07) is 8.45. The van der Waals surface area contributed by atoms with E-state index in [9.17, 15) is 16.9 Å². The second-order valence-electron chi connectivity index (χ2n) is 4.08. The molecule has 1 fully saturated rings. The monoisotopic (exact) mass is 462 g/mol. The zero-order valence-electron chi connectivity index (χ0n) is 11.3. The summed E-state index contributed by atoms with van der Waals surface area (Å²) >= 11 is -11.2. The molecule has 8 heteroatoms. The first-order chi connectivity index (χ1) is 8.74. The molecule has 1 aliphatic carbocycles. The Balaban J connectivity index is 0. The molecule has 121 valence electrons. The fourth-order valence-electron chi connectivity index (χ4n) is 1.13. The third-order valence-corrected chi connectivity index (χ3v) is 1.73. The van der Waals surface area contributed by atoms with Gasteiger partial charge in [0.05, 0.1) is 0 Å². The van der Waals surface area contributed by atoms with E-state index in [0.717, 1.165) is 0 Å². The smallest absolute Gasteiger partial charge is 2.00 e. The van der Waals surface area contributed by atoms with E-state index in [0.29, 0.717) is 0 Å². The van der Waals surface area contributed by atoms with Gasteiger partial charge in [0.2, 0.25) is 0 Å². The second-order valence-corrected chi connectivity index (χ2v) is 9.55. The standard InChI is InChI=1S/C8H10.C5H5.6FH.Fe.Sb/c1-7-4-3-5-8(2)6-7;1-2-4-5-3-1;;;;;;;;/h3-6H,1-2H3;1-5H;6*1H;;/q;;;;;;;;+2;+5/p-6. The third kappa shape index (κ3) is 28.9. The predicted octanol–water partition coefficient (Wildman–Crippen LogP) is 5.46. The Labute approximate surface area is 134 Å². The third-order valence-electron chi connectivity index (χ3n) is 1.73. The van der Waals surface area contributed by atoms with Gasteiger partial charge < -0.3 is 0 Å². The Morgan fingerprint density at radius 1 is 0.667 bits per heavy atom. The number of rotatable bonds is 0. The van der Waals surface area contributed by atoms with Crippen LogP contribution < -0.4 is 0 Å². The van der Waals surface area contributed by atoms with Crippen LogP contribution in [0.1, 0.15) is 11.1 Å². The number of hydrogen-bond donors (Lipinski definition) is 0. The summed E-state index contributed by atoms with van der Waals surface area (Å²) in [5.74, 6) is 0. The molecule has 0 aromatic heterocycles. The van der Waals surface area contributed by atoms with Gasteiger partial charge in [0.1, 0.15) is 0 Å². The molecule has 2 rings (SSSR count). The molecule has 0 unspecified atom stereocenters. The van der Waals surface area contributed by atoms with E-state index in [-0.39, 0.29) is 17.1 Å². The van der Waals surface area contributed by atoms with Gasteiger partial charge >= 0.3 is 53.4 Å². The molecular weight excluding hydrogens is 448 g/mol. The molecule has 0 spiro atoms. The first kappa shape index (κ1) is 23.4. The van der Waals surface area contributed by atoms with Crippen LogP contribution in [0.2, 0.25) is 0 Å². The van der Waals surface area contributed by atoms with E-state index in [1.165, 1.54) is 11.1 Å². The number of benzene rings is 1. The normalized spacial score (nSPS) is 17.0. The van der Waals surface area contributed by atoms with E-state index in [1.807, 2.05) is 32.1 Å². The Morgan fingerprint density at radius 3 is 1.05 bits per heavy atom. The van der Waals surface area contributed by atoms with Gasteiger partial charge in [-0.1, -0.05) is 35.4 Å². The average Bonchev–Trinajstić information content (AvgIpc) is 2.68. The van der Waals surface area contributed by atoms with Crippen LogP contribution in [0.25, 0.3) is 0 Å². The fraction of sp³-hybridized carbons (Fsp3) is 0.154. The van der Waals surface area contributed by atoms with Crippen molar-refractivity contribution < 1.29 is 33.9 Å². The van der Waals surface area contributed by atoms with E-state index in [4.69, 9.17) is 0 Å². The fourth-order valence-corrected chi connectivity index (χ4v) is 1.13. The van der Waals surface area contributed by atoms with Crippen LogP contribution >= 0.6 is 0 Å². The maximum absolute atomic E-state index is 11.2. The van der Waals surface area contributed by atoms with Gasteiger partial charge in [-0.25, -0.2) is 0 Å². The van der Waals surface area contributed by atoms with E-state index in [1.54, 1.807) is 0 Å². The van der Waals surface area contributed by atoms with Crippen LogP contribution in [0.15, 0.2) is 24.3 Å². The molecule has 0 atom stereocenters. The van der Waals surface area contributed by atoms with Gasteiger partial charge in [-0.05, 0) is 46.0 Å². The van der Waals surface area contributed by atoms with Gasteiger partial charge in [0, 0.05) is 0 Å². The Kier molecular flexibility index (Phi) is 9.05. The Bertz CT molecular complexity index is 375. The molecule has 0 nitrogen and oxygen atoms in total. The molecule has 0 aliphatic heterocycles. The average molecular weight is 463 g/mol. The van der Waals surface area contributed by atoms with Crippen molar-refractivity contribution in [3.63, 3.8) is 0 Å². The predicted molar refractivity (Wildman–Crippen MR) is 69.8 cm³/mol. The largest absolute Gasteiger partial charge is 2.00 e. The maximum Gasteiger partial charge on any atom is 2.00 e. The summed E-state index contributed by atoms with van der Waals surface area (Å²) in [6.07, 6.45) is 10.0. The molecule has 0 heterocycles. The zero-order chi connectivity index (χ0) is 15.9. The first-order valence-corrected chi connectivity index (χ1v) is 11.3. The zero-order valence-corrected chi connectivity index (χ0v) is 14.9. The van der Waals surface area contributed by atoms with E-state index >= 15 is 0 Å². The summed E-state index contributed by atoms with van der Waals surface area (Å²) < 4.78 is 59.6. The van der Waals surface area contributed by atoms with Crippen LogP contribution in [0, 0.1) is 46.0 Å². The van der Waals surface area contributed by atoms with Crippen LogP contribution in [-0.4, -0.2) is 19.5 Å². The van der Waals surface area contributed by atoms with Crippen LogP contribution in [0.4, 0.5) is 16.9 Å². The van der Waals surface area contributed by atoms with E-state index < -0.39 is 19.5 Å². The van der Waals surface area contributed by atoms with E-state index in [2.05, 4.69) is 38.1 Å². The molecule has 21 heavy (non-hydrogen) atoms. The molecule has 1 aromatic carbocycles. The Morgan fingerprint density at radius 2 is 0.905 bits per heavy atom. The number of aryl methyl sites for hydroxylation is 2. The summed E-state index contributed by atoms with van der Waals surface area (Å²) in [4.78, 5) is 0. The summed E-state index contributed by atoms with van der Waals surface area (Å²) in [5, 5.41) is 0. The van der Waals surface area contributed by atoms with Gasteiger partial charge in [0.15, 0.2) is 0 Å². The van der Waals surface area contributed by atoms with Crippen LogP contribution in [-0.2, 0) is 17.1 Å². The molecule has 5 radical (unpaired) electrons. The topological polar surface area (TPSA) is 0 Å². The quantitative estimate of drug-likeness (QED) is 0.355. The van der Waals surface area contributed by atoms with Crippen molar-refractivity contribution in [3.05, 3.63) is 67.5 Å². The minimum absolute atomic E-state index is 0. The second kappa shape index (κ2) is 8.12. The molecule has 0 amide bonds. The van der Waals surface area contributed by atoms with Gasteiger partial charge in [-0.2, -0.15) is 0 Å². The van der Waals surface area contributed by atoms with Crippen molar-refractivity contribution in [2.75, 3.05) is 0 Å². The Hall–Kier alpha value is 0.138. The van der Waals surface area contributed by atoms with Crippen molar-refractivity contribution >= 4 is 19.5 Å². The first-order valence-electron chi connectivity index (χ1n) is 5.50. The van der Waals surface area contributed by atoms with Crippen molar-refractivity contribution in [1.29, 1.82) is 0 Å². The van der Waals surface area contributed by atoms with Gasteiger partial charge in [-0.15, -0.1) is 0 Å². The SMILES string of the molecule is Cc1cccc(C)c1.[CH]1[CH][CH][CH][CH]1.[F][Sb-]([F])([F])([F])([F])[F].[Fe+2]. The molecule has 0 bridgehead atoms. The number of hydrogen-bond acceptors (Lipinski definition) is 0.